The number of nitrogens with one attached hydrogen (secondary N) is 1. The third kappa shape index (κ3) is 4.55. The normalized spacial score (nSPS) is 10.9. The standard InChI is InChI=1S/C27H24FNO6/c1-4-11-34-22-14-23-19(13-18(22)16-7-10-21(33-3)20(12-16)27(31)32)24(26(30)29-2)25(35-23)15-5-8-17(28)9-6-15/h5-10,12-14H,4,11H2,1-3H3,(H,29,30)(H,31,32). The van der Waals surface area contributed by atoms with Crippen molar-refractivity contribution in [3.05, 3.63) is 71.5 Å². The lowest BCUT2D eigenvalue weighted by Crippen LogP contribution is -2.18. The number of carboxylic acid groups (broad SMARTS) is 1. The van der Waals surface area contributed by atoms with Crippen LogP contribution in [0, 0.1) is 5.82 Å². The molecule has 3 aromatic carbocycles. The molecule has 0 radical (unpaired) electrons. The van der Waals surface area contributed by atoms with Crippen molar-refractivity contribution < 1.29 is 33.0 Å². The number of amides is 1. The molecule has 0 aliphatic carbocycles. The van der Waals surface area contributed by atoms with Crippen LogP contribution in [0.15, 0.2) is 59.0 Å². The van der Waals surface area contributed by atoms with E-state index in [1.54, 1.807) is 24.3 Å². The summed E-state index contributed by atoms with van der Waals surface area (Å²) >= 11 is 0. The molecule has 1 heterocycles. The largest absolute Gasteiger partial charge is 0.496 e. The average molecular weight is 477 g/mol. The van der Waals surface area contributed by atoms with Crippen molar-refractivity contribution in [1.82, 2.24) is 5.32 Å². The summed E-state index contributed by atoms with van der Waals surface area (Å²) in [7, 11) is 2.92. The van der Waals surface area contributed by atoms with E-state index in [1.807, 2.05) is 6.92 Å². The van der Waals surface area contributed by atoms with E-state index < -0.39 is 11.8 Å². The minimum Gasteiger partial charge on any atom is -0.496 e. The van der Waals surface area contributed by atoms with Crippen LogP contribution in [0.2, 0.25) is 0 Å². The van der Waals surface area contributed by atoms with Gasteiger partial charge in [0.15, 0.2) is 0 Å². The summed E-state index contributed by atoms with van der Waals surface area (Å²) in [5.74, 6) is -0.919. The Bertz CT molecular complexity index is 1410. The van der Waals surface area contributed by atoms with Gasteiger partial charge in [0.1, 0.15) is 34.2 Å². The van der Waals surface area contributed by atoms with E-state index in [1.165, 1.54) is 44.5 Å². The number of ether oxygens (including phenoxy) is 2. The topological polar surface area (TPSA) is 98.0 Å². The molecule has 0 aliphatic rings. The Kier molecular flexibility index (Phi) is 6.73. The zero-order valence-corrected chi connectivity index (χ0v) is 19.5. The molecule has 0 saturated carbocycles. The number of benzene rings is 3. The molecule has 4 aromatic rings. The second-order valence-electron chi connectivity index (χ2n) is 7.81. The van der Waals surface area contributed by atoms with Gasteiger partial charge in [0, 0.05) is 29.6 Å². The molecule has 0 saturated heterocycles. The van der Waals surface area contributed by atoms with Crippen LogP contribution < -0.4 is 14.8 Å². The number of furan rings is 1. The molecule has 1 aromatic heterocycles. The molecule has 1 amide bonds. The first kappa shape index (κ1) is 23.8. The fourth-order valence-corrected chi connectivity index (χ4v) is 3.88. The third-order valence-electron chi connectivity index (χ3n) is 5.55. The predicted octanol–water partition coefficient (Wildman–Crippen LogP) is 5.76. The van der Waals surface area contributed by atoms with E-state index in [9.17, 15) is 19.1 Å². The highest BCUT2D eigenvalue weighted by Gasteiger charge is 2.24. The Hall–Kier alpha value is -4.33. The smallest absolute Gasteiger partial charge is 0.339 e. The second kappa shape index (κ2) is 9.89. The molecule has 35 heavy (non-hydrogen) atoms. The molecule has 7 nitrogen and oxygen atoms in total. The van der Waals surface area contributed by atoms with Gasteiger partial charge in [0.25, 0.3) is 5.91 Å². The van der Waals surface area contributed by atoms with Gasteiger partial charge in [-0.05, 0) is 54.4 Å². The van der Waals surface area contributed by atoms with Gasteiger partial charge >= 0.3 is 5.97 Å². The number of carboxylic acids is 1. The zero-order chi connectivity index (χ0) is 25.1. The Labute approximate surface area is 201 Å². The van der Waals surface area contributed by atoms with E-state index in [-0.39, 0.29) is 22.8 Å². The van der Waals surface area contributed by atoms with Crippen molar-refractivity contribution in [2.75, 3.05) is 20.8 Å². The molecule has 0 atom stereocenters. The highest BCUT2D eigenvalue weighted by atomic mass is 19.1. The van der Waals surface area contributed by atoms with E-state index >= 15 is 0 Å². The van der Waals surface area contributed by atoms with E-state index in [0.717, 1.165) is 6.42 Å². The van der Waals surface area contributed by atoms with E-state index in [2.05, 4.69) is 5.32 Å². The second-order valence-corrected chi connectivity index (χ2v) is 7.81. The molecule has 4 rings (SSSR count). The average Bonchev–Trinajstić information content (AvgIpc) is 3.24. The van der Waals surface area contributed by atoms with Crippen LogP contribution in [0.3, 0.4) is 0 Å². The Morgan fingerprint density at radius 3 is 2.37 bits per heavy atom. The quantitative estimate of drug-likeness (QED) is 0.335. The third-order valence-corrected chi connectivity index (χ3v) is 5.55. The van der Waals surface area contributed by atoms with Crippen molar-refractivity contribution in [2.45, 2.75) is 13.3 Å². The minimum absolute atomic E-state index is 0.00254. The highest BCUT2D eigenvalue weighted by Crippen LogP contribution is 2.41. The lowest BCUT2D eigenvalue weighted by molar-refractivity contribution is 0.0693. The van der Waals surface area contributed by atoms with Gasteiger partial charge in [-0.2, -0.15) is 0 Å². The molecule has 180 valence electrons. The molecular weight excluding hydrogens is 453 g/mol. The molecular formula is C27H24FNO6. The van der Waals surface area contributed by atoms with Crippen LogP contribution in [-0.4, -0.2) is 37.7 Å². The van der Waals surface area contributed by atoms with Crippen LogP contribution in [0.1, 0.15) is 34.1 Å². The highest BCUT2D eigenvalue weighted by molar-refractivity contribution is 6.12. The zero-order valence-electron chi connectivity index (χ0n) is 19.5. The van der Waals surface area contributed by atoms with Crippen LogP contribution in [0.5, 0.6) is 11.5 Å². The molecule has 0 bridgehead atoms. The van der Waals surface area contributed by atoms with Crippen molar-refractivity contribution in [1.29, 1.82) is 0 Å². The first-order valence-corrected chi connectivity index (χ1v) is 11.0. The minimum atomic E-state index is -1.13. The number of rotatable bonds is 8. The summed E-state index contributed by atoms with van der Waals surface area (Å²) in [6.07, 6.45) is 0.753. The maximum atomic E-state index is 13.5. The number of hydrogen-bond donors (Lipinski definition) is 2. The Morgan fingerprint density at radius 1 is 1.03 bits per heavy atom. The number of carbonyl (C=O) groups is 2. The summed E-state index contributed by atoms with van der Waals surface area (Å²) < 4.78 is 30.7. The number of halogens is 1. The van der Waals surface area contributed by atoms with Gasteiger partial charge in [-0.3, -0.25) is 4.79 Å². The number of methoxy groups -OCH3 is 1. The van der Waals surface area contributed by atoms with Crippen LogP contribution >= 0.6 is 0 Å². The molecule has 8 heteroatoms. The van der Waals surface area contributed by atoms with E-state index in [0.29, 0.717) is 45.8 Å². The number of aromatic carboxylic acids is 1. The van der Waals surface area contributed by atoms with Crippen LogP contribution in [-0.2, 0) is 0 Å². The summed E-state index contributed by atoms with van der Waals surface area (Å²) in [6.45, 7) is 2.39. The Morgan fingerprint density at radius 2 is 1.74 bits per heavy atom. The summed E-state index contributed by atoms with van der Waals surface area (Å²) in [5.41, 5.74) is 2.39. The number of hydrogen-bond acceptors (Lipinski definition) is 5. The van der Waals surface area contributed by atoms with Gasteiger partial charge in [-0.15, -0.1) is 0 Å². The van der Waals surface area contributed by atoms with E-state index in [4.69, 9.17) is 13.9 Å². The maximum Gasteiger partial charge on any atom is 0.339 e. The van der Waals surface area contributed by atoms with Crippen molar-refractivity contribution in [3.8, 4) is 33.9 Å². The first-order chi connectivity index (χ1) is 16.9. The molecule has 2 N–H and O–H groups in total. The van der Waals surface area contributed by atoms with Gasteiger partial charge in [0.2, 0.25) is 0 Å². The van der Waals surface area contributed by atoms with Crippen molar-refractivity contribution >= 4 is 22.8 Å². The van der Waals surface area contributed by atoms with Gasteiger partial charge in [0.05, 0.1) is 19.3 Å². The fourth-order valence-electron chi connectivity index (χ4n) is 3.88. The lowest BCUT2D eigenvalue weighted by atomic mass is 9.97. The van der Waals surface area contributed by atoms with Gasteiger partial charge < -0.3 is 24.3 Å². The fraction of sp³-hybridized carbons (Fsp3) is 0.185. The SMILES string of the molecule is CCCOc1cc2oc(-c3ccc(F)cc3)c(C(=O)NC)c2cc1-c1ccc(OC)c(C(=O)O)c1. The van der Waals surface area contributed by atoms with Crippen LogP contribution in [0.4, 0.5) is 4.39 Å². The Balaban J connectivity index is 2.00. The summed E-state index contributed by atoms with van der Waals surface area (Å²) in [6, 6.07) is 13.9. The van der Waals surface area contributed by atoms with Crippen molar-refractivity contribution in [3.63, 3.8) is 0 Å². The molecule has 0 fully saturated rings. The summed E-state index contributed by atoms with van der Waals surface area (Å²) in [4.78, 5) is 24.7. The first-order valence-electron chi connectivity index (χ1n) is 11.0. The molecule has 0 spiro atoms. The monoisotopic (exact) mass is 477 g/mol. The van der Waals surface area contributed by atoms with Crippen molar-refractivity contribution in [2.24, 2.45) is 0 Å². The van der Waals surface area contributed by atoms with Crippen LogP contribution in [0.25, 0.3) is 33.4 Å². The van der Waals surface area contributed by atoms with Gasteiger partial charge in [-0.25, -0.2) is 9.18 Å². The lowest BCUT2D eigenvalue weighted by Gasteiger charge is -2.13. The number of fused-ring (bicyclic) bond motifs is 1. The summed E-state index contributed by atoms with van der Waals surface area (Å²) in [5, 5.41) is 12.8. The van der Waals surface area contributed by atoms with Gasteiger partial charge in [-0.1, -0.05) is 13.0 Å². The molecule has 0 aliphatic heterocycles. The maximum absolute atomic E-state index is 13.5. The molecule has 0 unspecified atom stereocenters. The number of carbonyl (C=O) groups excluding carboxylic acids is 1. The predicted molar refractivity (Wildman–Crippen MR) is 130 cm³/mol.